The van der Waals surface area contributed by atoms with Crippen LogP contribution in [0, 0.1) is 0 Å². The lowest BCUT2D eigenvalue weighted by Crippen LogP contribution is -2.31. The first-order chi connectivity index (χ1) is 12.3. The van der Waals surface area contributed by atoms with E-state index in [9.17, 15) is 4.79 Å². The van der Waals surface area contributed by atoms with Crippen molar-refractivity contribution in [2.75, 3.05) is 0 Å². The van der Waals surface area contributed by atoms with Gasteiger partial charge in [0.05, 0.1) is 23.9 Å². The van der Waals surface area contributed by atoms with Crippen molar-refractivity contribution in [3.05, 3.63) is 75.9 Å². The maximum absolute atomic E-state index is 12.5. The summed E-state index contributed by atoms with van der Waals surface area (Å²) in [5.74, 6) is -0.0448. The number of fused-ring (bicyclic) bond motifs is 1. The van der Waals surface area contributed by atoms with Gasteiger partial charge in [-0.1, -0.05) is 6.07 Å². The van der Waals surface area contributed by atoms with E-state index in [2.05, 4.69) is 26.7 Å². The third-order valence-corrected chi connectivity index (χ3v) is 5.39. The molecule has 5 nitrogen and oxygen atoms in total. The van der Waals surface area contributed by atoms with Crippen molar-refractivity contribution < 1.29 is 4.79 Å². The van der Waals surface area contributed by atoms with E-state index in [0.29, 0.717) is 0 Å². The minimum atomic E-state index is -0.146. The average molecular weight is 368 g/mol. The summed E-state index contributed by atoms with van der Waals surface area (Å²) in [6.07, 6.45) is 6.60. The van der Waals surface area contributed by atoms with Crippen LogP contribution < -0.4 is 5.32 Å². The third kappa shape index (κ3) is 3.78. The van der Waals surface area contributed by atoms with Gasteiger partial charge in [0.1, 0.15) is 0 Å². The molecule has 0 aliphatic heterocycles. The Morgan fingerprint density at radius 1 is 1.28 bits per heavy atom. The minimum absolute atomic E-state index is 0.0448. The summed E-state index contributed by atoms with van der Waals surface area (Å²) in [4.78, 5) is 22.3. The van der Waals surface area contributed by atoms with Crippen LogP contribution in [0.1, 0.15) is 23.0 Å². The van der Waals surface area contributed by atoms with E-state index >= 15 is 0 Å². The second-order valence-electron chi connectivity index (χ2n) is 5.71. The summed E-state index contributed by atoms with van der Waals surface area (Å²) in [5.41, 5.74) is 2.84. The Bertz CT molecular complexity index is 931. The molecule has 0 aliphatic rings. The van der Waals surface area contributed by atoms with Gasteiger partial charge >= 0.3 is 0 Å². The van der Waals surface area contributed by atoms with Crippen LogP contribution in [0.2, 0.25) is 0 Å². The molecule has 25 heavy (non-hydrogen) atoms. The lowest BCUT2D eigenvalue weighted by atomic mass is 10.0. The minimum Gasteiger partial charge on any atom is -0.347 e. The molecule has 0 saturated carbocycles. The van der Waals surface area contributed by atoms with Crippen LogP contribution in [-0.2, 0) is 17.6 Å². The number of thiazole rings is 1. The summed E-state index contributed by atoms with van der Waals surface area (Å²) < 4.78 is 1.94. The molecule has 0 aliphatic carbocycles. The van der Waals surface area contributed by atoms with Gasteiger partial charge < -0.3 is 5.32 Å². The molecule has 4 rings (SSSR count). The number of carbonyl (C=O) groups excluding carboxylic acids is 1. The molecule has 0 unspecified atom stereocenters. The van der Waals surface area contributed by atoms with Crippen molar-refractivity contribution in [3.63, 3.8) is 0 Å². The van der Waals surface area contributed by atoms with Crippen LogP contribution in [0.4, 0.5) is 0 Å². The first kappa shape index (κ1) is 16.0. The standard InChI is InChI=1S/C18H16N4OS2/c23-17(10-14-11-22-6-8-25-18(22)20-14)21-16(9-13-4-7-24-12-13)15-3-1-2-5-19-15/h1-8,11-12,16H,9-10H2,(H,21,23)/t16-/m1/s1. The van der Waals surface area contributed by atoms with Gasteiger partial charge in [-0.15, -0.1) is 11.3 Å². The second kappa shape index (κ2) is 7.16. The van der Waals surface area contributed by atoms with Crippen molar-refractivity contribution >= 4 is 33.5 Å². The number of pyridine rings is 1. The highest BCUT2D eigenvalue weighted by Gasteiger charge is 2.18. The normalized spacial score (nSPS) is 12.3. The van der Waals surface area contributed by atoms with Crippen LogP contribution >= 0.6 is 22.7 Å². The molecule has 0 spiro atoms. The predicted octanol–water partition coefficient (Wildman–Crippen LogP) is 3.50. The van der Waals surface area contributed by atoms with Crippen LogP contribution in [0.3, 0.4) is 0 Å². The van der Waals surface area contributed by atoms with Crippen molar-refractivity contribution in [2.24, 2.45) is 0 Å². The molecule has 0 bridgehead atoms. The average Bonchev–Trinajstić information content (AvgIpc) is 3.32. The lowest BCUT2D eigenvalue weighted by molar-refractivity contribution is -0.121. The molecule has 4 aromatic rings. The van der Waals surface area contributed by atoms with Gasteiger partial charge in [-0.05, 0) is 40.9 Å². The highest BCUT2D eigenvalue weighted by Crippen LogP contribution is 2.19. The van der Waals surface area contributed by atoms with Crippen LogP contribution in [0.15, 0.2) is 59.0 Å². The topological polar surface area (TPSA) is 59.3 Å². The summed E-state index contributed by atoms with van der Waals surface area (Å²) in [6.45, 7) is 0. The number of carbonyl (C=O) groups is 1. The zero-order valence-corrected chi connectivity index (χ0v) is 15.0. The molecular weight excluding hydrogens is 352 g/mol. The maximum atomic E-state index is 12.5. The Balaban J connectivity index is 1.49. The van der Waals surface area contributed by atoms with E-state index in [0.717, 1.165) is 22.8 Å². The van der Waals surface area contributed by atoms with Crippen molar-refractivity contribution in [1.29, 1.82) is 0 Å². The SMILES string of the molecule is O=C(Cc1cn2ccsc2n1)N[C@H](Cc1ccsc1)c1ccccn1. The number of hydrogen-bond acceptors (Lipinski definition) is 5. The van der Waals surface area contributed by atoms with Crippen LogP contribution in [0.5, 0.6) is 0 Å². The largest absolute Gasteiger partial charge is 0.347 e. The molecule has 0 saturated heterocycles. The Morgan fingerprint density at radius 3 is 3.00 bits per heavy atom. The Morgan fingerprint density at radius 2 is 2.24 bits per heavy atom. The molecule has 1 atom stereocenters. The number of imidazole rings is 1. The first-order valence-corrected chi connectivity index (χ1v) is 9.72. The Labute approximate surface area is 153 Å². The highest BCUT2D eigenvalue weighted by atomic mass is 32.1. The molecule has 0 radical (unpaired) electrons. The first-order valence-electron chi connectivity index (χ1n) is 7.90. The number of thiophene rings is 1. The zero-order valence-electron chi connectivity index (χ0n) is 13.3. The fourth-order valence-electron chi connectivity index (χ4n) is 2.73. The Hall–Kier alpha value is -2.51. The van der Waals surface area contributed by atoms with Gasteiger partial charge in [0.25, 0.3) is 0 Å². The summed E-state index contributed by atoms with van der Waals surface area (Å²) >= 11 is 3.22. The van der Waals surface area contributed by atoms with Crippen molar-refractivity contribution in [1.82, 2.24) is 19.7 Å². The molecule has 126 valence electrons. The third-order valence-electron chi connectivity index (χ3n) is 3.88. The number of hydrogen-bond donors (Lipinski definition) is 1. The Kier molecular flexibility index (Phi) is 4.58. The number of nitrogens with one attached hydrogen (secondary N) is 1. The van der Waals surface area contributed by atoms with Crippen molar-refractivity contribution in [2.45, 2.75) is 18.9 Å². The summed E-state index contributed by atoms with van der Waals surface area (Å²) in [5, 5.41) is 9.24. The molecule has 4 aromatic heterocycles. The van der Waals surface area contributed by atoms with E-state index in [1.165, 1.54) is 5.56 Å². The van der Waals surface area contributed by atoms with E-state index in [1.807, 2.05) is 45.8 Å². The van der Waals surface area contributed by atoms with Gasteiger partial charge in [-0.2, -0.15) is 11.3 Å². The van der Waals surface area contributed by atoms with E-state index < -0.39 is 0 Å². The van der Waals surface area contributed by atoms with Crippen LogP contribution in [-0.4, -0.2) is 20.3 Å². The fraction of sp³-hybridized carbons (Fsp3) is 0.167. The molecule has 0 fully saturated rings. The number of aromatic nitrogens is 3. The molecule has 7 heteroatoms. The second-order valence-corrected chi connectivity index (χ2v) is 7.37. The van der Waals surface area contributed by atoms with E-state index in [1.54, 1.807) is 28.9 Å². The lowest BCUT2D eigenvalue weighted by Gasteiger charge is -2.17. The van der Waals surface area contributed by atoms with Gasteiger partial charge in [0, 0.05) is 24.0 Å². The van der Waals surface area contributed by atoms with Gasteiger partial charge in [0.2, 0.25) is 5.91 Å². The molecule has 1 amide bonds. The molecule has 0 aromatic carbocycles. The smallest absolute Gasteiger partial charge is 0.226 e. The number of amides is 1. The van der Waals surface area contributed by atoms with E-state index in [4.69, 9.17) is 0 Å². The van der Waals surface area contributed by atoms with E-state index in [-0.39, 0.29) is 18.4 Å². The van der Waals surface area contributed by atoms with Crippen molar-refractivity contribution in [3.8, 4) is 0 Å². The number of nitrogens with zero attached hydrogens (tertiary/aromatic N) is 3. The molecule has 1 N–H and O–H groups in total. The highest BCUT2D eigenvalue weighted by molar-refractivity contribution is 7.15. The van der Waals surface area contributed by atoms with Gasteiger partial charge in [-0.3, -0.25) is 14.2 Å². The zero-order chi connectivity index (χ0) is 17.1. The summed E-state index contributed by atoms with van der Waals surface area (Å²) in [6, 6.07) is 7.70. The predicted molar refractivity (Wildman–Crippen MR) is 99.9 cm³/mol. The van der Waals surface area contributed by atoms with Crippen LogP contribution in [0.25, 0.3) is 4.96 Å². The summed E-state index contributed by atoms with van der Waals surface area (Å²) in [7, 11) is 0. The monoisotopic (exact) mass is 368 g/mol. The fourth-order valence-corrected chi connectivity index (χ4v) is 4.13. The maximum Gasteiger partial charge on any atom is 0.226 e. The van der Waals surface area contributed by atoms with Gasteiger partial charge in [0.15, 0.2) is 4.96 Å². The quantitative estimate of drug-likeness (QED) is 0.567. The molecular formula is C18H16N4OS2. The number of rotatable bonds is 6. The molecule has 4 heterocycles. The van der Waals surface area contributed by atoms with Gasteiger partial charge in [-0.25, -0.2) is 4.98 Å².